The van der Waals surface area contributed by atoms with E-state index in [1.54, 1.807) is 0 Å². The minimum absolute atomic E-state index is 0.162. The van der Waals surface area contributed by atoms with Crippen molar-refractivity contribution in [3.63, 3.8) is 0 Å². The fourth-order valence-electron chi connectivity index (χ4n) is 2.56. The van der Waals surface area contributed by atoms with Crippen LogP contribution in [0.25, 0.3) is 11.0 Å². The zero-order valence-corrected chi connectivity index (χ0v) is 14.2. The van der Waals surface area contributed by atoms with E-state index < -0.39 is 5.92 Å². The maximum Gasteiger partial charge on any atom is 0.226 e. The summed E-state index contributed by atoms with van der Waals surface area (Å²) in [5.41, 5.74) is 1.57. The molecule has 1 atom stereocenters. The number of para-hydroxylation sites is 2. The summed E-state index contributed by atoms with van der Waals surface area (Å²) in [6.45, 7) is 3.98. The molecule has 0 aliphatic heterocycles. The number of nitriles is 1. The number of hydrogen-bond acceptors (Lipinski definition) is 6. The lowest BCUT2D eigenvalue weighted by Crippen LogP contribution is -2.12. The second kappa shape index (κ2) is 7.26. The first-order chi connectivity index (χ1) is 12.1. The lowest BCUT2D eigenvalue weighted by Gasteiger charge is -2.04. The van der Waals surface area contributed by atoms with Gasteiger partial charge < -0.3 is 9.51 Å². The quantitative estimate of drug-likeness (QED) is 0.708. The van der Waals surface area contributed by atoms with Gasteiger partial charge in [-0.1, -0.05) is 31.1 Å². The van der Waals surface area contributed by atoms with E-state index in [1.807, 2.05) is 38.1 Å². The van der Waals surface area contributed by atoms with Crippen molar-refractivity contribution in [2.75, 3.05) is 0 Å². The van der Waals surface area contributed by atoms with Crippen LogP contribution in [0.2, 0.25) is 0 Å². The van der Waals surface area contributed by atoms with Gasteiger partial charge in [-0.3, -0.25) is 4.79 Å². The number of aromatic amines is 1. The van der Waals surface area contributed by atoms with Gasteiger partial charge in [-0.2, -0.15) is 10.2 Å². The Morgan fingerprint density at radius 3 is 2.80 bits per heavy atom. The standard InChI is InChI=1S/C18H19N5O2/c1-11(2)17-22-16(25-23-17)9-5-8-15(24)12(10-19)18-20-13-6-3-4-7-14(13)21-18/h3-4,6-7,11-12H,5,8-9H2,1-2H3,(H,20,21)/t12-/m1/s1. The van der Waals surface area contributed by atoms with E-state index in [2.05, 4.69) is 26.2 Å². The number of imidazole rings is 1. The summed E-state index contributed by atoms with van der Waals surface area (Å²) in [4.78, 5) is 24.1. The number of H-pyrrole nitrogens is 1. The number of carbonyl (C=O) groups excluding carboxylic acids is 1. The average molecular weight is 337 g/mol. The van der Waals surface area contributed by atoms with E-state index in [0.717, 1.165) is 11.0 Å². The highest BCUT2D eigenvalue weighted by molar-refractivity contribution is 5.88. The third kappa shape index (κ3) is 3.74. The highest BCUT2D eigenvalue weighted by Crippen LogP contribution is 2.20. The van der Waals surface area contributed by atoms with Crippen LogP contribution in [0.15, 0.2) is 28.8 Å². The molecule has 0 bridgehead atoms. The number of ketones is 1. The third-order valence-electron chi connectivity index (χ3n) is 3.95. The number of Topliss-reactive ketones (excluding diaryl/α,β-unsaturated/α-hetero) is 1. The van der Waals surface area contributed by atoms with E-state index in [-0.39, 0.29) is 18.1 Å². The number of benzene rings is 1. The molecule has 25 heavy (non-hydrogen) atoms. The second-order valence-corrected chi connectivity index (χ2v) is 6.22. The monoisotopic (exact) mass is 337 g/mol. The van der Waals surface area contributed by atoms with Crippen molar-refractivity contribution >= 4 is 16.8 Å². The van der Waals surface area contributed by atoms with E-state index in [1.165, 1.54) is 0 Å². The molecule has 128 valence electrons. The highest BCUT2D eigenvalue weighted by Gasteiger charge is 2.23. The van der Waals surface area contributed by atoms with Gasteiger partial charge in [0.2, 0.25) is 5.89 Å². The molecular formula is C18H19N5O2. The summed E-state index contributed by atoms with van der Waals surface area (Å²) in [6, 6.07) is 9.51. The number of rotatable bonds is 7. The van der Waals surface area contributed by atoms with Crippen molar-refractivity contribution in [3.8, 4) is 6.07 Å². The Hall–Kier alpha value is -3.01. The fourth-order valence-corrected chi connectivity index (χ4v) is 2.56. The van der Waals surface area contributed by atoms with Gasteiger partial charge in [0, 0.05) is 18.8 Å². The van der Waals surface area contributed by atoms with Crippen LogP contribution in [-0.2, 0) is 11.2 Å². The number of fused-ring (bicyclic) bond motifs is 1. The van der Waals surface area contributed by atoms with E-state index in [4.69, 9.17) is 4.52 Å². The van der Waals surface area contributed by atoms with Crippen molar-refractivity contribution in [2.45, 2.75) is 44.9 Å². The molecule has 0 aliphatic rings. The smallest absolute Gasteiger partial charge is 0.226 e. The Morgan fingerprint density at radius 2 is 2.12 bits per heavy atom. The molecule has 0 spiro atoms. The molecule has 0 fully saturated rings. The zero-order valence-electron chi connectivity index (χ0n) is 14.2. The van der Waals surface area contributed by atoms with Gasteiger partial charge in [-0.25, -0.2) is 4.98 Å². The molecule has 0 radical (unpaired) electrons. The van der Waals surface area contributed by atoms with E-state index >= 15 is 0 Å². The van der Waals surface area contributed by atoms with E-state index in [9.17, 15) is 10.1 Å². The molecule has 0 unspecified atom stereocenters. The summed E-state index contributed by atoms with van der Waals surface area (Å²) in [7, 11) is 0. The molecule has 3 rings (SSSR count). The minimum atomic E-state index is -0.888. The average Bonchev–Trinajstić information content (AvgIpc) is 3.22. The van der Waals surface area contributed by atoms with Crippen LogP contribution in [-0.4, -0.2) is 25.9 Å². The summed E-state index contributed by atoms with van der Waals surface area (Å²) >= 11 is 0. The topological polar surface area (TPSA) is 108 Å². The van der Waals surface area contributed by atoms with Crippen molar-refractivity contribution in [1.82, 2.24) is 20.1 Å². The van der Waals surface area contributed by atoms with Crippen LogP contribution in [0.5, 0.6) is 0 Å². The van der Waals surface area contributed by atoms with Gasteiger partial charge >= 0.3 is 0 Å². The van der Waals surface area contributed by atoms with Gasteiger partial charge in [0.05, 0.1) is 17.1 Å². The lowest BCUT2D eigenvalue weighted by atomic mass is 10.0. The Balaban J connectivity index is 1.61. The van der Waals surface area contributed by atoms with Crippen LogP contribution in [0, 0.1) is 11.3 Å². The van der Waals surface area contributed by atoms with Gasteiger partial charge in [-0.15, -0.1) is 0 Å². The van der Waals surface area contributed by atoms with Crippen LogP contribution in [0.3, 0.4) is 0 Å². The third-order valence-corrected chi connectivity index (χ3v) is 3.95. The molecule has 7 heteroatoms. The number of carbonyl (C=O) groups is 1. The fraction of sp³-hybridized carbons (Fsp3) is 0.389. The summed E-state index contributed by atoms with van der Waals surface area (Å²) in [5, 5.41) is 13.3. The summed E-state index contributed by atoms with van der Waals surface area (Å²) in [6.07, 6.45) is 1.33. The minimum Gasteiger partial charge on any atom is -0.340 e. The molecule has 0 saturated carbocycles. The Morgan fingerprint density at radius 1 is 1.32 bits per heavy atom. The van der Waals surface area contributed by atoms with E-state index in [0.29, 0.717) is 30.4 Å². The number of nitrogens with zero attached hydrogens (tertiary/aromatic N) is 4. The van der Waals surface area contributed by atoms with Crippen molar-refractivity contribution in [3.05, 3.63) is 41.8 Å². The molecule has 3 aromatic rings. The molecular weight excluding hydrogens is 318 g/mol. The predicted molar refractivity (Wildman–Crippen MR) is 90.8 cm³/mol. The Kier molecular flexibility index (Phi) is 4.89. The largest absolute Gasteiger partial charge is 0.340 e. The number of hydrogen-bond donors (Lipinski definition) is 1. The SMILES string of the molecule is CC(C)c1noc(CCCC(=O)[C@@H](C#N)c2nc3ccccc3[nH]2)n1. The Labute approximate surface area is 145 Å². The number of aryl methyl sites for hydroxylation is 1. The normalized spacial score (nSPS) is 12.4. The van der Waals surface area contributed by atoms with Crippen LogP contribution < -0.4 is 0 Å². The van der Waals surface area contributed by atoms with Gasteiger partial charge in [0.1, 0.15) is 5.82 Å². The first kappa shape index (κ1) is 16.8. The van der Waals surface area contributed by atoms with Crippen LogP contribution >= 0.6 is 0 Å². The highest BCUT2D eigenvalue weighted by atomic mass is 16.5. The number of nitrogens with one attached hydrogen (secondary N) is 1. The molecule has 0 saturated heterocycles. The van der Waals surface area contributed by atoms with Gasteiger partial charge in [0.15, 0.2) is 17.5 Å². The summed E-state index contributed by atoms with van der Waals surface area (Å²) in [5.74, 6) is 0.738. The van der Waals surface area contributed by atoms with Crippen molar-refractivity contribution < 1.29 is 9.32 Å². The maximum absolute atomic E-state index is 12.4. The van der Waals surface area contributed by atoms with Gasteiger partial charge in [-0.05, 0) is 18.6 Å². The van der Waals surface area contributed by atoms with Crippen molar-refractivity contribution in [1.29, 1.82) is 5.26 Å². The molecule has 1 aromatic carbocycles. The first-order valence-corrected chi connectivity index (χ1v) is 8.28. The molecule has 7 nitrogen and oxygen atoms in total. The van der Waals surface area contributed by atoms with Crippen LogP contribution in [0.4, 0.5) is 0 Å². The first-order valence-electron chi connectivity index (χ1n) is 8.28. The van der Waals surface area contributed by atoms with Crippen LogP contribution in [0.1, 0.15) is 56.1 Å². The zero-order chi connectivity index (χ0) is 17.8. The van der Waals surface area contributed by atoms with Gasteiger partial charge in [0.25, 0.3) is 0 Å². The maximum atomic E-state index is 12.4. The molecule has 0 aliphatic carbocycles. The lowest BCUT2D eigenvalue weighted by molar-refractivity contribution is -0.119. The Bertz CT molecular complexity index is 886. The molecule has 1 N–H and O–H groups in total. The summed E-state index contributed by atoms with van der Waals surface area (Å²) < 4.78 is 5.16. The predicted octanol–water partition coefficient (Wildman–Crippen LogP) is 3.27. The molecule has 0 amide bonds. The van der Waals surface area contributed by atoms with Crippen molar-refractivity contribution in [2.24, 2.45) is 0 Å². The number of aromatic nitrogens is 4. The molecule has 2 aromatic heterocycles. The second-order valence-electron chi connectivity index (χ2n) is 6.22. The molecule has 2 heterocycles.